The Morgan fingerprint density at radius 2 is 1.90 bits per heavy atom. The molecule has 4 rings (SSSR count). The Morgan fingerprint density at radius 1 is 1.10 bits per heavy atom. The van der Waals surface area contributed by atoms with Gasteiger partial charge >= 0.3 is 0 Å². The number of benzene rings is 1. The van der Waals surface area contributed by atoms with Gasteiger partial charge in [0.05, 0.1) is 0 Å². The van der Waals surface area contributed by atoms with Crippen molar-refractivity contribution in [3.8, 4) is 0 Å². The molecule has 1 aromatic carbocycles. The van der Waals surface area contributed by atoms with Crippen molar-refractivity contribution in [2.75, 3.05) is 13.1 Å². The topological polar surface area (TPSA) is 82.9 Å². The van der Waals surface area contributed by atoms with Crippen molar-refractivity contribution in [1.82, 2.24) is 30.4 Å². The molecule has 0 bridgehead atoms. The third kappa shape index (κ3) is 6.30. The smallest absolute Gasteiger partial charge is 0.191 e. The van der Waals surface area contributed by atoms with Gasteiger partial charge in [-0.15, -0.1) is 45.5 Å². The number of hydrogen-bond donors (Lipinski definition) is 3. The number of halogens is 1. The normalized spacial score (nSPS) is 11.5. The predicted octanol–water partition coefficient (Wildman–Crippen LogP) is 3.80. The number of aryl methyl sites for hydroxylation is 1. The zero-order valence-corrected chi connectivity index (χ0v) is 20.9. The molecule has 4 aromatic rings. The fraction of sp³-hybridized carbons (Fsp3) is 0.318. The van der Waals surface area contributed by atoms with E-state index in [1.807, 2.05) is 18.5 Å². The zero-order chi connectivity index (χ0) is 20.8. The lowest BCUT2D eigenvalue weighted by Gasteiger charge is -2.12. The third-order valence-corrected chi connectivity index (χ3v) is 6.01. The summed E-state index contributed by atoms with van der Waals surface area (Å²) >= 11 is 1.78. The number of hydrogen-bond acceptors (Lipinski definition) is 4. The SMILES string of the molecule is Cc1nnc(CN=C(NCCc2cc3ccccc3[nH]2)NCCc2cccs2)n1C.I. The van der Waals surface area contributed by atoms with E-state index in [2.05, 4.69) is 73.7 Å². The number of aliphatic imine (C=N–C) groups is 1. The molecular formula is C22H28IN7S. The zero-order valence-electron chi connectivity index (χ0n) is 17.8. The average Bonchev–Trinajstić information content (AvgIpc) is 3.48. The van der Waals surface area contributed by atoms with Crippen LogP contribution in [0, 0.1) is 6.92 Å². The second-order valence-electron chi connectivity index (χ2n) is 7.20. The van der Waals surface area contributed by atoms with E-state index in [0.717, 1.165) is 43.5 Å². The standard InChI is InChI=1S/C22H27N7S.HI/c1-16-27-28-21(29(16)2)15-25-22(24-12-10-19-7-5-13-30-19)23-11-9-18-14-17-6-3-4-8-20(17)26-18;/h3-8,13-14,26H,9-12,15H2,1-2H3,(H2,23,24,25);1H. The highest BCUT2D eigenvalue weighted by Gasteiger charge is 2.06. The van der Waals surface area contributed by atoms with E-state index in [1.54, 1.807) is 11.3 Å². The van der Waals surface area contributed by atoms with Gasteiger partial charge in [-0.1, -0.05) is 24.3 Å². The van der Waals surface area contributed by atoms with Crippen molar-refractivity contribution < 1.29 is 0 Å². The van der Waals surface area contributed by atoms with E-state index < -0.39 is 0 Å². The van der Waals surface area contributed by atoms with Gasteiger partial charge in [-0.3, -0.25) is 0 Å². The second kappa shape index (κ2) is 11.3. The number of para-hydroxylation sites is 1. The van der Waals surface area contributed by atoms with Crippen molar-refractivity contribution in [3.05, 3.63) is 70.1 Å². The summed E-state index contributed by atoms with van der Waals surface area (Å²) in [5.74, 6) is 2.53. The van der Waals surface area contributed by atoms with E-state index in [4.69, 9.17) is 4.99 Å². The Balaban J connectivity index is 0.00000272. The molecule has 0 fully saturated rings. The summed E-state index contributed by atoms with van der Waals surface area (Å²) in [5, 5.41) is 18.6. The first-order valence-corrected chi connectivity index (χ1v) is 11.0. The van der Waals surface area contributed by atoms with Crippen molar-refractivity contribution in [2.45, 2.75) is 26.3 Å². The summed E-state index contributed by atoms with van der Waals surface area (Å²) in [7, 11) is 1.97. The van der Waals surface area contributed by atoms with Gasteiger partial charge in [0.15, 0.2) is 11.8 Å². The molecule has 0 saturated carbocycles. The highest BCUT2D eigenvalue weighted by atomic mass is 127. The van der Waals surface area contributed by atoms with Crippen molar-refractivity contribution in [1.29, 1.82) is 0 Å². The molecule has 0 aliphatic carbocycles. The quantitative estimate of drug-likeness (QED) is 0.178. The minimum Gasteiger partial charge on any atom is -0.358 e. The number of rotatable bonds is 8. The average molecular weight is 549 g/mol. The number of nitrogens with zero attached hydrogens (tertiary/aromatic N) is 4. The molecule has 0 saturated heterocycles. The summed E-state index contributed by atoms with van der Waals surface area (Å²) in [4.78, 5) is 9.57. The van der Waals surface area contributed by atoms with Crippen LogP contribution in [0.5, 0.6) is 0 Å². The fourth-order valence-electron chi connectivity index (χ4n) is 3.26. The van der Waals surface area contributed by atoms with Gasteiger partial charge in [0.2, 0.25) is 0 Å². The third-order valence-electron chi connectivity index (χ3n) is 5.08. The Kier molecular flexibility index (Phi) is 8.47. The Hall–Kier alpha value is -2.40. The molecule has 0 radical (unpaired) electrons. The Bertz CT molecular complexity index is 1080. The summed E-state index contributed by atoms with van der Waals surface area (Å²) in [5.41, 5.74) is 2.39. The number of thiophene rings is 1. The van der Waals surface area contributed by atoms with E-state index in [0.29, 0.717) is 6.54 Å². The molecule has 0 aliphatic rings. The van der Waals surface area contributed by atoms with Crippen LogP contribution in [0.1, 0.15) is 22.2 Å². The van der Waals surface area contributed by atoms with Crippen LogP contribution in [0.15, 0.2) is 52.8 Å². The molecule has 3 heterocycles. The van der Waals surface area contributed by atoms with Gasteiger partial charge in [0.1, 0.15) is 12.4 Å². The lowest BCUT2D eigenvalue weighted by Crippen LogP contribution is -2.39. The number of aromatic nitrogens is 4. The fourth-order valence-corrected chi connectivity index (χ4v) is 3.96. The van der Waals surface area contributed by atoms with Crippen molar-refractivity contribution in [2.24, 2.45) is 12.0 Å². The molecule has 0 atom stereocenters. The van der Waals surface area contributed by atoms with Crippen molar-refractivity contribution in [3.63, 3.8) is 0 Å². The first-order valence-electron chi connectivity index (χ1n) is 10.1. The molecule has 0 aliphatic heterocycles. The maximum absolute atomic E-state index is 4.73. The molecule has 0 amide bonds. The Labute approximate surface area is 203 Å². The monoisotopic (exact) mass is 549 g/mol. The van der Waals surface area contributed by atoms with E-state index >= 15 is 0 Å². The first-order chi connectivity index (χ1) is 14.7. The molecular weight excluding hydrogens is 521 g/mol. The number of aromatic amines is 1. The molecule has 164 valence electrons. The minimum absolute atomic E-state index is 0. The van der Waals surface area contributed by atoms with Crippen LogP contribution >= 0.6 is 35.3 Å². The Morgan fingerprint density at radius 3 is 2.61 bits per heavy atom. The van der Waals surface area contributed by atoms with Gasteiger partial charge in [0.25, 0.3) is 0 Å². The number of guanidine groups is 1. The predicted molar refractivity (Wildman–Crippen MR) is 138 cm³/mol. The van der Waals surface area contributed by atoms with Crippen LogP contribution in [0.3, 0.4) is 0 Å². The number of H-pyrrole nitrogens is 1. The van der Waals surface area contributed by atoms with E-state index in [9.17, 15) is 0 Å². The molecule has 3 N–H and O–H groups in total. The molecule has 9 heteroatoms. The lowest BCUT2D eigenvalue weighted by molar-refractivity contribution is 0.744. The van der Waals surface area contributed by atoms with Gasteiger partial charge in [-0.05, 0) is 42.3 Å². The van der Waals surface area contributed by atoms with Gasteiger partial charge in [-0.25, -0.2) is 4.99 Å². The van der Waals surface area contributed by atoms with Crippen LogP contribution in [0.2, 0.25) is 0 Å². The largest absolute Gasteiger partial charge is 0.358 e. The van der Waals surface area contributed by atoms with Crippen LogP contribution in [0.25, 0.3) is 10.9 Å². The van der Waals surface area contributed by atoms with Crippen LogP contribution in [0.4, 0.5) is 0 Å². The highest BCUT2D eigenvalue weighted by molar-refractivity contribution is 14.0. The molecule has 3 aromatic heterocycles. The van der Waals surface area contributed by atoms with E-state index in [-0.39, 0.29) is 24.0 Å². The summed E-state index contributed by atoms with van der Waals surface area (Å²) in [6.07, 6.45) is 1.87. The summed E-state index contributed by atoms with van der Waals surface area (Å²) in [6.45, 7) is 4.04. The van der Waals surface area contributed by atoms with Gasteiger partial charge in [0, 0.05) is 42.6 Å². The maximum Gasteiger partial charge on any atom is 0.191 e. The molecule has 0 spiro atoms. The highest BCUT2D eigenvalue weighted by Crippen LogP contribution is 2.14. The first kappa shape index (κ1) is 23.3. The van der Waals surface area contributed by atoms with E-state index in [1.165, 1.54) is 21.5 Å². The molecule has 0 unspecified atom stereocenters. The summed E-state index contributed by atoms with van der Waals surface area (Å²) < 4.78 is 1.97. The van der Waals surface area contributed by atoms with Gasteiger partial charge < -0.3 is 20.2 Å². The number of fused-ring (bicyclic) bond motifs is 1. The second-order valence-corrected chi connectivity index (χ2v) is 8.23. The van der Waals surface area contributed by atoms with Crippen LogP contribution in [-0.2, 0) is 26.4 Å². The maximum atomic E-state index is 4.73. The number of nitrogens with one attached hydrogen (secondary N) is 3. The minimum atomic E-state index is 0. The van der Waals surface area contributed by atoms with Crippen LogP contribution in [-0.4, -0.2) is 38.8 Å². The summed E-state index contributed by atoms with van der Waals surface area (Å²) in [6, 6.07) is 14.8. The van der Waals surface area contributed by atoms with Crippen LogP contribution < -0.4 is 10.6 Å². The molecule has 7 nitrogen and oxygen atoms in total. The lowest BCUT2D eigenvalue weighted by atomic mass is 10.2. The molecule has 31 heavy (non-hydrogen) atoms. The van der Waals surface area contributed by atoms with Gasteiger partial charge in [-0.2, -0.15) is 0 Å². The van der Waals surface area contributed by atoms with Crippen molar-refractivity contribution >= 4 is 52.2 Å².